The van der Waals surface area contributed by atoms with E-state index in [-0.39, 0.29) is 18.9 Å². The SMILES string of the molecule is CCCCCCC/C=C/CC/C=C/CC/C=C/C(O)C(CO)NC(=O)CC(O)CCCCCCCCCCC/C=C\C/C=C\CCCCCCCCCCC. The Bertz CT molecular complexity index is 938. The Labute approximate surface area is 341 Å². The van der Waals surface area contributed by atoms with Gasteiger partial charge in [0.05, 0.1) is 31.3 Å². The largest absolute Gasteiger partial charge is 0.394 e. The van der Waals surface area contributed by atoms with E-state index >= 15 is 0 Å². The second kappa shape index (κ2) is 44.8. The highest BCUT2D eigenvalue weighted by atomic mass is 16.3. The Morgan fingerprint density at radius 2 is 0.836 bits per heavy atom. The summed E-state index contributed by atoms with van der Waals surface area (Å²) in [4.78, 5) is 12.4. The molecule has 0 spiro atoms. The molecular formula is C50H91NO4. The highest BCUT2D eigenvalue weighted by Crippen LogP contribution is 2.14. The van der Waals surface area contributed by atoms with Crippen molar-refractivity contribution in [3.05, 3.63) is 60.8 Å². The van der Waals surface area contributed by atoms with Gasteiger partial charge >= 0.3 is 0 Å². The first-order valence-electron chi connectivity index (χ1n) is 23.6. The zero-order valence-electron chi connectivity index (χ0n) is 36.3. The van der Waals surface area contributed by atoms with Crippen LogP contribution in [0.3, 0.4) is 0 Å². The topological polar surface area (TPSA) is 89.8 Å². The van der Waals surface area contributed by atoms with E-state index in [1.807, 2.05) is 6.08 Å². The molecule has 55 heavy (non-hydrogen) atoms. The van der Waals surface area contributed by atoms with Gasteiger partial charge in [0.25, 0.3) is 0 Å². The van der Waals surface area contributed by atoms with E-state index in [4.69, 9.17) is 0 Å². The molecule has 0 aliphatic carbocycles. The van der Waals surface area contributed by atoms with E-state index in [1.165, 1.54) is 154 Å². The van der Waals surface area contributed by atoms with Crippen LogP contribution in [-0.4, -0.2) is 46.1 Å². The molecule has 0 radical (unpaired) electrons. The summed E-state index contributed by atoms with van der Waals surface area (Å²) in [6.07, 6.45) is 59.4. The minimum absolute atomic E-state index is 0.00281. The van der Waals surface area contributed by atoms with Gasteiger partial charge in [0.2, 0.25) is 5.91 Å². The molecule has 4 N–H and O–H groups in total. The van der Waals surface area contributed by atoms with Gasteiger partial charge in [-0.25, -0.2) is 0 Å². The average Bonchev–Trinajstić information content (AvgIpc) is 3.18. The molecule has 0 heterocycles. The van der Waals surface area contributed by atoms with Crippen molar-refractivity contribution in [3.8, 4) is 0 Å². The maximum absolute atomic E-state index is 12.4. The van der Waals surface area contributed by atoms with Crippen molar-refractivity contribution in [2.45, 2.75) is 244 Å². The summed E-state index contributed by atoms with van der Waals surface area (Å²) in [6.45, 7) is 4.18. The third kappa shape index (κ3) is 41.5. The van der Waals surface area contributed by atoms with Crippen LogP contribution in [0.25, 0.3) is 0 Å². The lowest BCUT2D eigenvalue weighted by Crippen LogP contribution is -2.45. The van der Waals surface area contributed by atoms with Gasteiger partial charge in [-0.3, -0.25) is 4.79 Å². The number of hydrogen-bond donors (Lipinski definition) is 4. The second-order valence-electron chi connectivity index (χ2n) is 16.0. The monoisotopic (exact) mass is 770 g/mol. The second-order valence-corrected chi connectivity index (χ2v) is 16.0. The quantitative estimate of drug-likeness (QED) is 0.0368. The fraction of sp³-hybridized carbons (Fsp3) is 0.780. The van der Waals surface area contributed by atoms with Crippen molar-refractivity contribution >= 4 is 5.91 Å². The van der Waals surface area contributed by atoms with Crippen molar-refractivity contribution in [2.24, 2.45) is 0 Å². The van der Waals surface area contributed by atoms with Crippen molar-refractivity contribution in [3.63, 3.8) is 0 Å². The fourth-order valence-corrected chi connectivity index (χ4v) is 6.87. The van der Waals surface area contributed by atoms with E-state index in [0.29, 0.717) is 6.42 Å². The Hall–Kier alpha value is -1.95. The third-order valence-corrected chi connectivity index (χ3v) is 10.5. The summed E-state index contributed by atoms with van der Waals surface area (Å²) < 4.78 is 0. The smallest absolute Gasteiger partial charge is 0.222 e. The van der Waals surface area contributed by atoms with Crippen molar-refractivity contribution in [1.82, 2.24) is 5.32 Å². The molecule has 0 saturated carbocycles. The molecule has 0 aromatic rings. The molecule has 0 aliphatic heterocycles. The molecule has 5 nitrogen and oxygen atoms in total. The number of aliphatic hydroxyl groups excluding tert-OH is 3. The predicted octanol–water partition coefficient (Wildman–Crippen LogP) is 13.9. The summed E-state index contributed by atoms with van der Waals surface area (Å²) in [6, 6.07) is -0.771. The highest BCUT2D eigenvalue weighted by Gasteiger charge is 2.20. The summed E-state index contributed by atoms with van der Waals surface area (Å²) in [5, 5.41) is 33.2. The number of carbonyl (C=O) groups excluding carboxylic acids is 1. The minimum atomic E-state index is -0.963. The first-order valence-corrected chi connectivity index (χ1v) is 23.6. The molecule has 320 valence electrons. The molecule has 3 atom stereocenters. The van der Waals surface area contributed by atoms with Gasteiger partial charge in [-0.05, 0) is 77.0 Å². The Morgan fingerprint density at radius 3 is 1.27 bits per heavy atom. The summed E-state index contributed by atoms with van der Waals surface area (Å²) in [5.41, 5.74) is 0. The third-order valence-electron chi connectivity index (χ3n) is 10.5. The first kappa shape index (κ1) is 53.0. The molecule has 5 heteroatoms. The maximum Gasteiger partial charge on any atom is 0.222 e. The van der Waals surface area contributed by atoms with Gasteiger partial charge in [0, 0.05) is 0 Å². The van der Waals surface area contributed by atoms with Crippen LogP contribution in [0.1, 0.15) is 226 Å². The Morgan fingerprint density at radius 1 is 0.473 bits per heavy atom. The van der Waals surface area contributed by atoms with Crippen LogP contribution in [0, 0.1) is 0 Å². The zero-order chi connectivity index (χ0) is 40.1. The number of amides is 1. The number of allylic oxidation sites excluding steroid dienone is 9. The van der Waals surface area contributed by atoms with E-state index in [2.05, 4.69) is 67.8 Å². The average molecular weight is 770 g/mol. The normalized spacial score (nSPS) is 14.1. The summed E-state index contributed by atoms with van der Waals surface area (Å²) in [5.74, 6) is -0.334. The number of rotatable bonds is 42. The highest BCUT2D eigenvalue weighted by molar-refractivity contribution is 5.76. The maximum atomic E-state index is 12.4. The molecule has 0 fully saturated rings. The number of carbonyl (C=O) groups is 1. The van der Waals surface area contributed by atoms with Crippen LogP contribution in [0.5, 0.6) is 0 Å². The lowest BCUT2D eigenvalue weighted by atomic mass is 10.0. The van der Waals surface area contributed by atoms with E-state index < -0.39 is 18.2 Å². The molecule has 0 bridgehead atoms. The van der Waals surface area contributed by atoms with Crippen molar-refractivity contribution in [2.75, 3.05) is 6.61 Å². The van der Waals surface area contributed by atoms with Gasteiger partial charge in [-0.2, -0.15) is 0 Å². The summed E-state index contributed by atoms with van der Waals surface area (Å²) in [7, 11) is 0. The summed E-state index contributed by atoms with van der Waals surface area (Å²) >= 11 is 0. The van der Waals surface area contributed by atoms with E-state index in [0.717, 1.165) is 44.9 Å². The molecule has 1 amide bonds. The van der Waals surface area contributed by atoms with Crippen molar-refractivity contribution < 1.29 is 20.1 Å². The molecule has 0 aromatic carbocycles. The lowest BCUT2D eigenvalue weighted by molar-refractivity contribution is -0.124. The van der Waals surface area contributed by atoms with Crippen LogP contribution in [0.4, 0.5) is 0 Å². The zero-order valence-corrected chi connectivity index (χ0v) is 36.3. The molecule has 0 rings (SSSR count). The van der Waals surface area contributed by atoms with Crippen molar-refractivity contribution in [1.29, 1.82) is 0 Å². The van der Waals surface area contributed by atoms with Crippen LogP contribution >= 0.6 is 0 Å². The number of aliphatic hydroxyl groups is 3. The number of nitrogens with one attached hydrogen (secondary N) is 1. The van der Waals surface area contributed by atoms with Crippen LogP contribution < -0.4 is 5.32 Å². The van der Waals surface area contributed by atoms with Gasteiger partial charge in [-0.1, -0.05) is 203 Å². The molecule has 0 saturated heterocycles. The predicted molar refractivity (Wildman–Crippen MR) is 240 cm³/mol. The van der Waals surface area contributed by atoms with Gasteiger partial charge in [0.15, 0.2) is 0 Å². The molecular weight excluding hydrogens is 679 g/mol. The Balaban J connectivity index is 3.69. The molecule has 0 aromatic heterocycles. The van der Waals surface area contributed by atoms with Crippen LogP contribution in [0.2, 0.25) is 0 Å². The van der Waals surface area contributed by atoms with Gasteiger partial charge in [0.1, 0.15) is 0 Å². The van der Waals surface area contributed by atoms with Gasteiger partial charge in [-0.15, -0.1) is 0 Å². The first-order chi connectivity index (χ1) is 27.0. The standard InChI is InChI=1S/C50H91NO4/c1-3-5-7-9-11-13-15-17-19-20-21-22-23-24-25-26-27-28-30-31-33-35-37-39-41-43-47(53)45-50(55)51-48(46-52)49(54)44-42-40-38-36-34-32-29-18-16-14-12-10-8-6-4-2/h16,18,21-22,24-25,34,36,42,44,47-49,52-54H,3-15,17,19-20,23,26-33,35,37-41,43,45-46H2,1-2H3,(H,51,55)/b18-16+,22-21-,25-24-,36-34+,44-42+. The Kier molecular flexibility index (Phi) is 43.2. The van der Waals surface area contributed by atoms with E-state index in [1.54, 1.807) is 6.08 Å². The van der Waals surface area contributed by atoms with Gasteiger partial charge < -0.3 is 20.6 Å². The molecule has 0 aliphatic rings. The van der Waals surface area contributed by atoms with Crippen LogP contribution in [-0.2, 0) is 4.79 Å². The minimum Gasteiger partial charge on any atom is -0.394 e. The van der Waals surface area contributed by atoms with Crippen LogP contribution in [0.15, 0.2) is 60.8 Å². The lowest BCUT2D eigenvalue weighted by Gasteiger charge is -2.21. The molecule has 3 unspecified atom stereocenters. The van der Waals surface area contributed by atoms with E-state index in [9.17, 15) is 20.1 Å². The fourth-order valence-electron chi connectivity index (χ4n) is 6.87. The number of unbranched alkanes of at least 4 members (excludes halogenated alkanes) is 25. The number of hydrogen-bond acceptors (Lipinski definition) is 4.